The van der Waals surface area contributed by atoms with Crippen LogP contribution in [0.25, 0.3) is 0 Å². The Morgan fingerprint density at radius 1 is 1.20 bits per heavy atom. The van der Waals surface area contributed by atoms with Crippen molar-refractivity contribution in [3.63, 3.8) is 0 Å². The van der Waals surface area contributed by atoms with E-state index in [1.807, 2.05) is 13.0 Å². The van der Waals surface area contributed by atoms with Crippen LogP contribution in [0.4, 0.5) is 0 Å². The number of amides is 1. The van der Waals surface area contributed by atoms with Gasteiger partial charge in [0.2, 0.25) is 0 Å². The molecule has 0 fully saturated rings. The summed E-state index contributed by atoms with van der Waals surface area (Å²) in [5.41, 5.74) is 3.44. The molecule has 0 bridgehead atoms. The van der Waals surface area contributed by atoms with E-state index in [0.29, 0.717) is 17.7 Å². The fraction of sp³-hybridized carbons (Fsp3) is 0.176. The molecule has 0 atom stereocenters. The predicted molar refractivity (Wildman–Crippen MR) is 78.4 cm³/mol. The first-order valence-corrected chi connectivity index (χ1v) is 6.53. The average molecular weight is 264 g/mol. The van der Waals surface area contributed by atoms with Gasteiger partial charge in [-0.2, -0.15) is 5.26 Å². The summed E-state index contributed by atoms with van der Waals surface area (Å²) in [6.07, 6.45) is 0.796. The number of nitrogens with zero attached hydrogens (tertiary/aromatic N) is 1. The lowest BCUT2D eigenvalue weighted by Crippen LogP contribution is -2.25. The van der Waals surface area contributed by atoms with Gasteiger partial charge in [-0.25, -0.2) is 0 Å². The van der Waals surface area contributed by atoms with Gasteiger partial charge in [-0.05, 0) is 37.1 Å². The molecule has 0 radical (unpaired) electrons. The van der Waals surface area contributed by atoms with Crippen LogP contribution in [0.3, 0.4) is 0 Å². The zero-order valence-corrected chi connectivity index (χ0v) is 11.4. The molecule has 0 spiro atoms. The normalized spacial score (nSPS) is 9.80. The zero-order valence-electron chi connectivity index (χ0n) is 11.4. The number of carbonyl (C=O) groups is 1. The molecule has 3 heteroatoms. The van der Waals surface area contributed by atoms with Crippen LogP contribution in [0.15, 0.2) is 48.5 Å². The highest BCUT2D eigenvalue weighted by atomic mass is 16.1. The second kappa shape index (κ2) is 6.53. The Balaban J connectivity index is 1.89. The number of hydrogen-bond acceptors (Lipinski definition) is 2. The van der Waals surface area contributed by atoms with Crippen LogP contribution < -0.4 is 5.32 Å². The van der Waals surface area contributed by atoms with E-state index in [4.69, 9.17) is 5.26 Å². The molecule has 1 N–H and O–H groups in total. The highest BCUT2D eigenvalue weighted by Crippen LogP contribution is 2.05. The van der Waals surface area contributed by atoms with Crippen molar-refractivity contribution in [2.45, 2.75) is 13.3 Å². The molecule has 0 saturated heterocycles. The van der Waals surface area contributed by atoms with Crippen molar-refractivity contribution in [2.24, 2.45) is 0 Å². The van der Waals surface area contributed by atoms with Crippen molar-refractivity contribution >= 4 is 5.91 Å². The molecule has 0 unspecified atom stereocenters. The Hall–Kier alpha value is -2.60. The van der Waals surface area contributed by atoms with E-state index in [9.17, 15) is 4.79 Å². The number of nitriles is 1. The standard InChI is InChI=1S/C17H16N2O/c1-13-5-7-14(8-6-13)9-10-19-17(20)16-4-2-3-15(11-16)12-18/h2-8,11H,9-10H2,1H3,(H,19,20). The summed E-state index contributed by atoms with van der Waals surface area (Å²) >= 11 is 0. The number of nitrogens with one attached hydrogen (secondary N) is 1. The summed E-state index contributed by atoms with van der Waals surface area (Å²) < 4.78 is 0. The first-order valence-electron chi connectivity index (χ1n) is 6.53. The highest BCUT2D eigenvalue weighted by molar-refractivity contribution is 5.94. The van der Waals surface area contributed by atoms with Gasteiger partial charge in [-0.1, -0.05) is 35.9 Å². The molecule has 0 aromatic heterocycles. The van der Waals surface area contributed by atoms with E-state index in [0.717, 1.165) is 6.42 Å². The Morgan fingerprint density at radius 3 is 2.65 bits per heavy atom. The smallest absolute Gasteiger partial charge is 0.251 e. The lowest BCUT2D eigenvalue weighted by molar-refractivity contribution is 0.0954. The molecule has 20 heavy (non-hydrogen) atoms. The molecule has 0 aliphatic carbocycles. The topological polar surface area (TPSA) is 52.9 Å². The molecule has 0 aliphatic heterocycles. The third-order valence-electron chi connectivity index (χ3n) is 3.07. The van der Waals surface area contributed by atoms with Gasteiger partial charge >= 0.3 is 0 Å². The summed E-state index contributed by atoms with van der Waals surface area (Å²) in [6, 6.07) is 17.0. The number of hydrogen-bond donors (Lipinski definition) is 1. The summed E-state index contributed by atoms with van der Waals surface area (Å²) in [5, 5.41) is 11.7. The van der Waals surface area contributed by atoms with Crippen molar-refractivity contribution in [3.8, 4) is 6.07 Å². The second-order valence-corrected chi connectivity index (χ2v) is 4.68. The second-order valence-electron chi connectivity index (χ2n) is 4.68. The number of benzene rings is 2. The molecular formula is C17H16N2O. The summed E-state index contributed by atoms with van der Waals surface area (Å²) in [5.74, 6) is -0.144. The largest absolute Gasteiger partial charge is 0.352 e. The average Bonchev–Trinajstić information content (AvgIpc) is 2.49. The number of rotatable bonds is 4. The van der Waals surface area contributed by atoms with Crippen LogP contribution in [-0.2, 0) is 6.42 Å². The molecule has 2 rings (SSSR count). The quantitative estimate of drug-likeness (QED) is 0.923. The zero-order chi connectivity index (χ0) is 14.4. The molecule has 2 aromatic rings. The van der Waals surface area contributed by atoms with Crippen molar-refractivity contribution in [1.29, 1.82) is 5.26 Å². The van der Waals surface area contributed by atoms with Crippen LogP contribution in [-0.4, -0.2) is 12.5 Å². The van der Waals surface area contributed by atoms with E-state index in [1.165, 1.54) is 11.1 Å². The van der Waals surface area contributed by atoms with Gasteiger partial charge in [0.1, 0.15) is 0 Å². The van der Waals surface area contributed by atoms with Crippen molar-refractivity contribution in [3.05, 3.63) is 70.8 Å². The van der Waals surface area contributed by atoms with E-state index in [2.05, 4.69) is 29.6 Å². The van der Waals surface area contributed by atoms with Crippen molar-refractivity contribution < 1.29 is 4.79 Å². The van der Waals surface area contributed by atoms with Crippen LogP contribution in [0, 0.1) is 18.3 Å². The van der Waals surface area contributed by atoms with Crippen LogP contribution in [0.1, 0.15) is 27.0 Å². The van der Waals surface area contributed by atoms with Gasteiger partial charge in [0.25, 0.3) is 5.91 Å². The van der Waals surface area contributed by atoms with Crippen LogP contribution >= 0.6 is 0 Å². The fourth-order valence-electron chi connectivity index (χ4n) is 1.91. The maximum absolute atomic E-state index is 11.9. The third-order valence-corrected chi connectivity index (χ3v) is 3.07. The van der Waals surface area contributed by atoms with Gasteiger partial charge in [0, 0.05) is 12.1 Å². The van der Waals surface area contributed by atoms with E-state index in [1.54, 1.807) is 24.3 Å². The SMILES string of the molecule is Cc1ccc(CCNC(=O)c2cccc(C#N)c2)cc1. The maximum Gasteiger partial charge on any atom is 0.251 e. The molecule has 0 aliphatic rings. The summed E-state index contributed by atoms with van der Waals surface area (Å²) in [7, 11) is 0. The Bertz CT molecular complexity index is 639. The van der Waals surface area contributed by atoms with Gasteiger partial charge in [-0.15, -0.1) is 0 Å². The number of carbonyl (C=O) groups excluding carboxylic acids is 1. The van der Waals surface area contributed by atoms with Gasteiger partial charge in [0.15, 0.2) is 0 Å². The molecule has 2 aromatic carbocycles. The van der Waals surface area contributed by atoms with Gasteiger partial charge in [0.05, 0.1) is 11.6 Å². The van der Waals surface area contributed by atoms with E-state index < -0.39 is 0 Å². The predicted octanol–water partition coefficient (Wildman–Crippen LogP) is 2.84. The molecule has 3 nitrogen and oxygen atoms in total. The minimum absolute atomic E-state index is 0.144. The van der Waals surface area contributed by atoms with Crippen LogP contribution in [0.5, 0.6) is 0 Å². The first-order chi connectivity index (χ1) is 9.69. The number of aryl methyl sites for hydroxylation is 1. The Labute approximate surface area is 118 Å². The van der Waals surface area contributed by atoms with Crippen LogP contribution in [0.2, 0.25) is 0 Å². The van der Waals surface area contributed by atoms with Gasteiger partial charge in [-0.3, -0.25) is 4.79 Å². The maximum atomic E-state index is 11.9. The highest BCUT2D eigenvalue weighted by Gasteiger charge is 2.05. The summed E-state index contributed by atoms with van der Waals surface area (Å²) in [6.45, 7) is 2.63. The van der Waals surface area contributed by atoms with E-state index in [-0.39, 0.29) is 5.91 Å². The Kier molecular flexibility index (Phi) is 4.52. The molecule has 0 heterocycles. The first kappa shape index (κ1) is 13.8. The lowest BCUT2D eigenvalue weighted by Gasteiger charge is -2.06. The van der Waals surface area contributed by atoms with Gasteiger partial charge < -0.3 is 5.32 Å². The Morgan fingerprint density at radius 2 is 1.95 bits per heavy atom. The third kappa shape index (κ3) is 3.69. The van der Waals surface area contributed by atoms with Crippen molar-refractivity contribution in [1.82, 2.24) is 5.32 Å². The minimum Gasteiger partial charge on any atom is -0.352 e. The molecular weight excluding hydrogens is 248 g/mol. The molecule has 1 amide bonds. The molecule has 0 saturated carbocycles. The fourth-order valence-corrected chi connectivity index (χ4v) is 1.91. The van der Waals surface area contributed by atoms with E-state index >= 15 is 0 Å². The summed E-state index contributed by atoms with van der Waals surface area (Å²) in [4.78, 5) is 11.9. The lowest BCUT2D eigenvalue weighted by atomic mass is 10.1. The van der Waals surface area contributed by atoms with Crippen molar-refractivity contribution in [2.75, 3.05) is 6.54 Å². The molecule has 100 valence electrons. The minimum atomic E-state index is -0.144. The monoisotopic (exact) mass is 264 g/mol.